The van der Waals surface area contributed by atoms with E-state index in [1.165, 1.54) is 0 Å². The summed E-state index contributed by atoms with van der Waals surface area (Å²) in [6.07, 6.45) is 0. The van der Waals surface area contributed by atoms with Gasteiger partial charge in [-0.05, 0) is 5.28 Å². The Balaban J connectivity index is 5.01. The maximum Gasteiger partial charge on any atom is 0.199 e. The molecule has 0 aromatic carbocycles. The van der Waals surface area contributed by atoms with Crippen molar-refractivity contribution in [3.8, 4) is 0 Å². The lowest BCUT2D eigenvalue weighted by Gasteiger charge is -2.36. The second-order valence-electron chi connectivity index (χ2n) is 5.52. The van der Waals surface area contributed by atoms with E-state index in [-0.39, 0.29) is 15.7 Å². The Morgan fingerprint density at radius 1 is 1.00 bits per heavy atom. The van der Waals surface area contributed by atoms with Crippen LogP contribution in [0.1, 0.15) is 41.5 Å². The standard InChI is InChI=1S/C9H20N2O2/c1-8(2,3)7(9(4,5)6)11(13)10-12/h7,12H,1-6H3/p-1/b11-10-. The third-order valence-electron chi connectivity index (χ3n) is 1.94. The lowest BCUT2D eigenvalue weighted by Crippen LogP contribution is -2.44. The zero-order valence-corrected chi connectivity index (χ0v) is 9.29. The molecule has 0 unspecified atom stereocenters. The summed E-state index contributed by atoms with van der Waals surface area (Å²) in [5.74, 6) is 0. The molecule has 4 heteroatoms. The molecule has 0 heterocycles. The van der Waals surface area contributed by atoms with Crippen LogP contribution in [-0.4, -0.2) is 10.9 Å². The zero-order valence-electron chi connectivity index (χ0n) is 9.29. The van der Waals surface area contributed by atoms with Crippen molar-refractivity contribution in [3.05, 3.63) is 10.4 Å². The molecule has 78 valence electrons. The lowest BCUT2D eigenvalue weighted by molar-refractivity contribution is -0.596. The molecule has 0 N–H and O–H groups in total. The Morgan fingerprint density at radius 3 is 1.38 bits per heavy atom. The molecule has 0 fully saturated rings. The van der Waals surface area contributed by atoms with E-state index in [2.05, 4.69) is 5.28 Å². The summed E-state index contributed by atoms with van der Waals surface area (Å²) < 4.78 is 0. The van der Waals surface area contributed by atoms with E-state index in [1.807, 2.05) is 41.5 Å². The first kappa shape index (κ1) is 12.2. The van der Waals surface area contributed by atoms with Gasteiger partial charge >= 0.3 is 0 Å². The van der Waals surface area contributed by atoms with Crippen LogP contribution in [0.15, 0.2) is 5.28 Å². The van der Waals surface area contributed by atoms with E-state index in [4.69, 9.17) is 0 Å². The Kier molecular flexibility index (Phi) is 3.30. The van der Waals surface area contributed by atoms with Crippen molar-refractivity contribution in [1.29, 1.82) is 0 Å². The SMILES string of the molecule is CC(C)(C)C(/[N+]([O-])=N/[O-])C(C)(C)C. The van der Waals surface area contributed by atoms with Gasteiger partial charge in [-0.3, -0.25) is 0 Å². The van der Waals surface area contributed by atoms with Gasteiger partial charge in [0.25, 0.3) is 0 Å². The minimum Gasteiger partial charge on any atom is -0.739 e. The van der Waals surface area contributed by atoms with Gasteiger partial charge in [0, 0.05) is 10.8 Å². The van der Waals surface area contributed by atoms with Crippen LogP contribution in [-0.2, 0) is 0 Å². The van der Waals surface area contributed by atoms with Crippen LogP contribution in [0.5, 0.6) is 0 Å². The number of hydrogen-bond donors (Lipinski definition) is 0. The molecule has 0 atom stereocenters. The van der Waals surface area contributed by atoms with Crippen molar-refractivity contribution in [3.63, 3.8) is 0 Å². The molecule has 0 saturated carbocycles. The van der Waals surface area contributed by atoms with Crippen molar-refractivity contribution >= 4 is 0 Å². The Morgan fingerprint density at radius 2 is 1.31 bits per heavy atom. The van der Waals surface area contributed by atoms with Gasteiger partial charge in [-0.2, -0.15) is 0 Å². The van der Waals surface area contributed by atoms with Gasteiger partial charge < -0.3 is 10.4 Å². The number of rotatable bonds is 1. The summed E-state index contributed by atoms with van der Waals surface area (Å²) in [6, 6.07) is -0.405. The van der Waals surface area contributed by atoms with Crippen molar-refractivity contribution in [2.75, 3.05) is 0 Å². The summed E-state index contributed by atoms with van der Waals surface area (Å²) in [6.45, 7) is 11.6. The quantitative estimate of drug-likeness (QED) is 0.360. The molecule has 0 spiro atoms. The Bertz CT molecular complexity index is 185. The van der Waals surface area contributed by atoms with E-state index in [0.717, 1.165) is 0 Å². The lowest BCUT2D eigenvalue weighted by atomic mass is 9.72. The van der Waals surface area contributed by atoms with Crippen molar-refractivity contribution in [1.82, 2.24) is 0 Å². The monoisotopic (exact) mass is 187 g/mol. The second-order valence-corrected chi connectivity index (χ2v) is 5.52. The predicted molar refractivity (Wildman–Crippen MR) is 52.1 cm³/mol. The van der Waals surface area contributed by atoms with Crippen LogP contribution in [0.25, 0.3) is 0 Å². The number of hydrogen-bond acceptors (Lipinski definition) is 3. The third-order valence-corrected chi connectivity index (χ3v) is 1.94. The minimum absolute atomic E-state index is 0.256. The maximum atomic E-state index is 11.2. The highest BCUT2D eigenvalue weighted by Crippen LogP contribution is 2.35. The highest BCUT2D eigenvalue weighted by Gasteiger charge is 2.42. The van der Waals surface area contributed by atoms with E-state index in [1.54, 1.807) is 0 Å². The van der Waals surface area contributed by atoms with Gasteiger partial charge in [-0.15, -0.1) is 0 Å². The highest BCUT2D eigenvalue weighted by molar-refractivity contribution is 4.83. The molecule has 0 aliphatic heterocycles. The van der Waals surface area contributed by atoms with Gasteiger partial charge in [0.05, 0.1) is 0 Å². The van der Waals surface area contributed by atoms with Crippen LogP contribution in [0.3, 0.4) is 0 Å². The Hall–Kier alpha value is -0.800. The Labute approximate surface area is 79.8 Å². The van der Waals surface area contributed by atoms with Crippen LogP contribution in [0.2, 0.25) is 0 Å². The van der Waals surface area contributed by atoms with Gasteiger partial charge in [-0.1, -0.05) is 46.4 Å². The van der Waals surface area contributed by atoms with Gasteiger partial charge in [-0.25, -0.2) is 0 Å². The molecule has 0 amide bonds. The zero-order chi connectivity index (χ0) is 10.9. The summed E-state index contributed by atoms with van der Waals surface area (Å²) in [5.41, 5.74) is -0.512. The van der Waals surface area contributed by atoms with Gasteiger partial charge in [0.2, 0.25) is 0 Å². The molecule has 0 radical (unpaired) electrons. The summed E-state index contributed by atoms with van der Waals surface area (Å²) in [4.78, 5) is 0.278. The van der Waals surface area contributed by atoms with Crippen LogP contribution in [0, 0.1) is 21.2 Å². The molecular weight excluding hydrogens is 168 g/mol. The fraction of sp³-hybridized carbons (Fsp3) is 1.00. The first-order valence-electron chi connectivity index (χ1n) is 4.40. The van der Waals surface area contributed by atoms with E-state index >= 15 is 0 Å². The molecule has 0 rings (SSSR count). The molecule has 0 aliphatic rings. The summed E-state index contributed by atoms with van der Waals surface area (Å²) in [5, 5.41) is 23.9. The third kappa shape index (κ3) is 3.20. The van der Waals surface area contributed by atoms with Crippen LogP contribution in [0.4, 0.5) is 0 Å². The molecule has 0 aromatic rings. The predicted octanol–water partition coefficient (Wildman–Crippen LogP) is 2.91. The molecule has 4 nitrogen and oxygen atoms in total. The van der Waals surface area contributed by atoms with E-state index in [9.17, 15) is 10.4 Å². The molecule has 13 heavy (non-hydrogen) atoms. The van der Waals surface area contributed by atoms with Crippen molar-refractivity contribution in [2.24, 2.45) is 16.1 Å². The van der Waals surface area contributed by atoms with Crippen LogP contribution < -0.4 is 0 Å². The normalized spacial score (nSPS) is 15.2. The topological polar surface area (TPSA) is 61.5 Å². The highest BCUT2D eigenvalue weighted by atomic mass is 16.6. The number of hydroxylamine groups is 1. The average Bonchev–Trinajstić information content (AvgIpc) is 1.80. The molecule has 0 aliphatic carbocycles. The van der Waals surface area contributed by atoms with Crippen LogP contribution >= 0.6 is 0 Å². The van der Waals surface area contributed by atoms with Gasteiger partial charge in [0.1, 0.15) is 0 Å². The summed E-state index contributed by atoms with van der Waals surface area (Å²) >= 11 is 0. The number of nitrogens with zero attached hydrogens (tertiary/aromatic N) is 2. The summed E-state index contributed by atoms with van der Waals surface area (Å²) in [7, 11) is 0. The molecule has 0 saturated heterocycles. The first-order valence-corrected chi connectivity index (χ1v) is 4.40. The fourth-order valence-electron chi connectivity index (χ4n) is 2.01. The maximum absolute atomic E-state index is 11.2. The molecule has 0 aromatic heterocycles. The second kappa shape index (κ2) is 3.52. The van der Waals surface area contributed by atoms with Crippen molar-refractivity contribution in [2.45, 2.75) is 47.6 Å². The molecular formula is C9H19N2O2-. The van der Waals surface area contributed by atoms with E-state index in [0.29, 0.717) is 0 Å². The van der Waals surface area contributed by atoms with E-state index < -0.39 is 6.04 Å². The fourth-order valence-corrected chi connectivity index (χ4v) is 2.01. The minimum atomic E-state index is -0.405. The smallest absolute Gasteiger partial charge is 0.199 e. The first-order chi connectivity index (χ1) is 5.60. The van der Waals surface area contributed by atoms with Crippen molar-refractivity contribution < 1.29 is 4.86 Å². The largest absolute Gasteiger partial charge is 0.739 e. The van der Waals surface area contributed by atoms with Gasteiger partial charge in [0.15, 0.2) is 6.04 Å². The average molecular weight is 187 g/mol. The molecule has 0 bridgehead atoms.